The van der Waals surface area contributed by atoms with Gasteiger partial charge in [0.05, 0.1) is 19.9 Å². The second-order valence-electron chi connectivity index (χ2n) is 3.83. The molecule has 0 aliphatic carbocycles. The summed E-state index contributed by atoms with van der Waals surface area (Å²) in [5.41, 5.74) is 0.517. The number of rotatable bonds is 4. The van der Waals surface area contributed by atoms with Crippen LogP contribution in [0.4, 0.5) is 0 Å². The van der Waals surface area contributed by atoms with Gasteiger partial charge in [-0.15, -0.1) is 0 Å². The van der Waals surface area contributed by atoms with E-state index in [1.165, 1.54) is 18.0 Å². The van der Waals surface area contributed by atoms with E-state index in [1.54, 1.807) is 25.1 Å². The lowest BCUT2D eigenvalue weighted by molar-refractivity contribution is 0.0523. The maximum atomic E-state index is 11.7. The summed E-state index contributed by atoms with van der Waals surface area (Å²) in [4.78, 5) is 11.7. The molecule has 1 heterocycles. The Balaban J connectivity index is 2.49. The van der Waals surface area contributed by atoms with Gasteiger partial charge in [0.2, 0.25) is 5.88 Å². The highest BCUT2D eigenvalue weighted by Gasteiger charge is 2.20. The molecule has 2 rings (SSSR count). The van der Waals surface area contributed by atoms with Crippen molar-refractivity contribution in [3.05, 3.63) is 34.4 Å². The fraction of sp³-hybridized carbons (Fsp3) is 0.231. The number of aromatic hydroxyl groups is 1. The van der Waals surface area contributed by atoms with E-state index in [1.807, 2.05) is 0 Å². The smallest absolute Gasteiger partial charge is 0.345 e. The van der Waals surface area contributed by atoms with Gasteiger partial charge in [-0.1, -0.05) is 15.9 Å². The van der Waals surface area contributed by atoms with Crippen molar-refractivity contribution in [1.82, 2.24) is 9.78 Å². The third kappa shape index (κ3) is 2.62. The molecule has 1 N–H and O–H groups in total. The van der Waals surface area contributed by atoms with Gasteiger partial charge >= 0.3 is 5.97 Å². The van der Waals surface area contributed by atoms with Gasteiger partial charge in [0.1, 0.15) is 17.0 Å². The summed E-state index contributed by atoms with van der Waals surface area (Å²) in [5, 5.41) is 14.1. The van der Waals surface area contributed by atoms with Crippen molar-refractivity contribution in [1.29, 1.82) is 0 Å². The number of benzene rings is 1. The van der Waals surface area contributed by atoms with Crippen LogP contribution in [0.15, 0.2) is 28.9 Å². The summed E-state index contributed by atoms with van der Waals surface area (Å²) in [6.45, 7) is 1.92. The Labute approximate surface area is 124 Å². The van der Waals surface area contributed by atoms with Crippen LogP contribution in [0.2, 0.25) is 0 Å². The van der Waals surface area contributed by atoms with Gasteiger partial charge < -0.3 is 14.6 Å². The molecule has 0 aliphatic rings. The number of ether oxygens (including phenoxy) is 2. The molecule has 0 radical (unpaired) electrons. The third-order valence-corrected chi connectivity index (χ3v) is 3.10. The molecule has 2 aromatic rings. The number of carbonyl (C=O) groups is 1. The minimum Gasteiger partial charge on any atom is -0.494 e. The monoisotopic (exact) mass is 340 g/mol. The van der Waals surface area contributed by atoms with Crippen LogP contribution in [0.1, 0.15) is 17.3 Å². The first-order valence-electron chi connectivity index (χ1n) is 5.86. The van der Waals surface area contributed by atoms with Gasteiger partial charge in [-0.3, -0.25) is 0 Å². The predicted molar refractivity (Wildman–Crippen MR) is 75.4 cm³/mol. The number of methoxy groups -OCH3 is 1. The van der Waals surface area contributed by atoms with Gasteiger partial charge in [0, 0.05) is 4.47 Å². The van der Waals surface area contributed by atoms with Gasteiger partial charge in [-0.05, 0) is 25.1 Å². The molecule has 0 spiro atoms. The Morgan fingerprint density at radius 1 is 1.50 bits per heavy atom. The maximum Gasteiger partial charge on any atom is 0.345 e. The van der Waals surface area contributed by atoms with Crippen molar-refractivity contribution in [2.75, 3.05) is 13.7 Å². The van der Waals surface area contributed by atoms with E-state index in [2.05, 4.69) is 21.0 Å². The van der Waals surface area contributed by atoms with Crippen molar-refractivity contribution >= 4 is 21.9 Å². The molecule has 0 bridgehead atoms. The van der Waals surface area contributed by atoms with E-state index >= 15 is 0 Å². The molecule has 106 valence electrons. The van der Waals surface area contributed by atoms with Gasteiger partial charge in [-0.2, -0.15) is 9.78 Å². The molecule has 20 heavy (non-hydrogen) atoms. The molecule has 1 aromatic heterocycles. The topological polar surface area (TPSA) is 73.6 Å². The predicted octanol–water partition coefficient (Wildman–Crippen LogP) is 2.53. The average molecular weight is 341 g/mol. The lowest BCUT2D eigenvalue weighted by atomic mass is 10.3. The Morgan fingerprint density at radius 3 is 2.90 bits per heavy atom. The van der Waals surface area contributed by atoms with Crippen molar-refractivity contribution in [3.8, 4) is 17.3 Å². The van der Waals surface area contributed by atoms with Gasteiger partial charge in [0.25, 0.3) is 0 Å². The van der Waals surface area contributed by atoms with E-state index in [-0.39, 0.29) is 18.1 Å². The molecule has 0 unspecified atom stereocenters. The standard InChI is InChI=1S/C13H13BrN2O4/c1-3-20-13(18)9-7-15-16(12(9)17)10-6-8(14)4-5-11(10)19-2/h4-7,17H,3H2,1-2H3. The first-order valence-corrected chi connectivity index (χ1v) is 6.65. The van der Waals surface area contributed by atoms with Crippen LogP contribution < -0.4 is 4.74 Å². The van der Waals surface area contributed by atoms with Gasteiger partial charge in [-0.25, -0.2) is 4.79 Å². The summed E-state index contributed by atoms with van der Waals surface area (Å²) >= 11 is 3.34. The Bertz CT molecular complexity index is 639. The number of hydrogen-bond acceptors (Lipinski definition) is 5. The van der Waals surface area contributed by atoms with Crippen LogP contribution in [0, 0.1) is 0 Å². The molecule has 0 fully saturated rings. The maximum absolute atomic E-state index is 11.7. The van der Waals surface area contributed by atoms with Crippen LogP contribution in [0.3, 0.4) is 0 Å². The second-order valence-corrected chi connectivity index (χ2v) is 4.75. The highest BCUT2D eigenvalue weighted by molar-refractivity contribution is 9.10. The average Bonchev–Trinajstić information content (AvgIpc) is 2.80. The molecule has 0 amide bonds. The second kappa shape index (κ2) is 5.96. The van der Waals surface area contributed by atoms with Crippen molar-refractivity contribution in [3.63, 3.8) is 0 Å². The first-order chi connectivity index (χ1) is 9.58. The SMILES string of the molecule is CCOC(=O)c1cnn(-c2cc(Br)ccc2OC)c1O. The minimum absolute atomic E-state index is 0.00822. The first kappa shape index (κ1) is 14.4. The number of carbonyl (C=O) groups excluding carboxylic acids is 1. The normalized spacial score (nSPS) is 10.3. The number of aromatic nitrogens is 2. The molecule has 6 nitrogen and oxygen atoms in total. The molecule has 1 aromatic carbocycles. The number of esters is 1. The molecular formula is C13H13BrN2O4. The largest absolute Gasteiger partial charge is 0.494 e. The van der Waals surface area contributed by atoms with E-state index in [9.17, 15) is 9.90 Å². The lowest BCUT2D eigenvalue weighted by Crippen LogP contribution is -2.04. The van der Waals surface area contributed by atoms with E-state index < -0.39 is 5.97 Å². The fourth-order valence-electron chi connectivity index (χ4n) is 1.70. The number of hydrogen-bond donors (Lipinski definition) is 1. The summed E-state index contributed by atoms with van der Waals surface area (Å²) in [5.74, 6) is -0.396. The van der Waals surface area contributed by atoms with Crippen LogP contribution >= 0.6 is 15.9 Å². The van der Waals surface area contributed by atoms with Crippen LogP contribution in [0.25, 0.3) is 5.69 Å². The van der Waals surface area contributed by atoms with Crippen molar-refractivity contribution in [2.24, 2.45) is 0 Å². The molecule has 0 saturated heterocycles. The van der Waals surface area contributed by atoms with Crippen LogP contribution in [-0.4, -0.2) is 34.6 Å². The minimum atomic E-state index is -0.620. The zero-order chi connectivity index (χ0) is 14.7. The summed E-state index contributed by atoms with van der Waals surface area (Å²) in [7, 11) is 1.51. The lowest BCUT2D eigenvalue weighted by Gasteiger charge is -2.10. The van der Waals surface area contributed by atoms with Crippen LogP contribution in [0.5, 0.6) is 11.6 Å². The highest BCUT2D eigenvalue weighted by atomic mass is 79.9. The Kier molecular flexibility index (Phi) is 4.29. The molecule has 0 atom stereocenters. The molecular weight excluding hydrogens is 328 g/mol. The summed E-state index contributed by atoms with van der Waals surface area (Å²) in [6.07, 6.45) is 1.26. The van der Waals surface area contributed by atoms with E-state index in [0.29, 0.717) is 11.4 Å². The fourth-order valence-corrected chi connectivity index (χ4v) is 2.05. The highest BCUT2D eigenvalue weighted by Crippen LogP contribution is 2.30. The van der Waals surface area contributed by atoms with E-state index in [4.69, 9.17) is 9.47 Å². The quantitative estimate of drug-likeness (QED) is 0.865. The molecule has 0 saturated carbocycles. The van der Waals surface area contributed by atoms with E-state index in [0.717, 1.165) is 4.47 Å². The van der Waals surface area contributed by atoms with Crippen molar-refractivity contribution in [2.45, 2.75) is 6.92 Å². The van der Waals surface area contributed by atoms with Crippen molar-refractivity contribution < 1.29 is 19.4 Å². The van der Waals surface area contributed by atoms with Crippen LogP contribution in [-0.2, 0) is 4.74 Å². The molecule has 0 aliphatic heterocycles. The zero-order valence-electron chi connectivity index (χ0n) is 11.0. The number of halogens is 1. The number of nitrogens with zero attached hydrogens (tertiary/aromatic N) is 2. The third-order valence-electron chi connectivity index (χ3n) is 2.61. The zero-order valence-corrected chi connectivity index (χ0v) is 12.5. The Morgan fingerprint density at radius 2 is 2.25 bits per heavy atom. The summed E-state index contributed by atoms with van der Waals surface area (Å²) in [6, 6.07) is 5.25. The Hall–Kier alpha value is -2.02. The molecule has 7 heteroatoms. The van der Waals surface area contributed by atoms with Gasteiger partial charge in [0.15, 0.2) is 0 Å². The summed E-state index contributed by atoms with van der Waals surface area (Å²) < 4.78 is 12.1.